The molecule has 1 saturated heterocycles. The first kappa shape index (κ1) is 28.1. The summed E-state index contributed by atoms with van der Waals surface area (Å²) in [4.78, 5) is 36.6. The lowest BCUT2D eigenvalue weighted by atomic mass is 9.74. The summed E-state index contributed by atoms with van der Waals surface area (Å²) < 4.78 is 81.2. The highest BCUT2D eigenvalue weighted by molar-refractivity contribution is 5.94. The summed E-state index contributed by atoms with van der Waals surface area (Å²) in [6.07, 6.45) is -4.04. The van der Waals surface area contributed by atoms with Crippen molar-refractivity contribution in [1.29, 1.82) is 0 Å². The second-order valence-electron chi connectivity index (χ2n) is 9.88. The molecule has 4 aromatic rings. The van der Waals surface area contributed by atoms with Gasteiger partial charge in [0.2, 0.25) is 5.82 Å². The van der Waals surface area contributed by atoms with Gasteiger partial charge >= 0.3 is 6.18 Å². The van der Waals surface area contributed by atoms with Crippen molar-refractivity contribution >= 4 is 16.8 Å². The van der Waals surface area contributed by atoms with Crippen molar-refractivity contribution in [3.05, 3.63) is 87.5 Å². The Labute approximate surface area is 229 Å². The van der Waals surface area contributed by atoms with Gasteiger partial charge in [0.15, 0.2) is 22.6 Å². The quantitative estimate of drug-likeness (QED) is 0.325. The van der Waals surface area contributed by atoms with Gasteiger partial charge in [-0.25, -0.2) is 9.37 Å². The largest absolute Gasteiger partial charge is 0.493 e. The maximum absolute atomic E-state index is 14.7. The third-order valence-electron chi connectivity index (χ3n) is 7.37. The molecule has 3 aromatic heterocycles. The monoisotopic (exact) mass is 574 g/mol. The molecular weight excluding hydrogens is 551 g/mol. The third kappa shape index (κ3) is 4.90. The summed E-state index contributed by atoms with van der Waals surface area (Å²) in [7, 11) is 1.09. The van der Waals surface area contributed by atoms with E-state index in [-0.39, 0.29) is 39.2 Å². The highest BCUT2D eigenvalue weighted by Gasteiger charge is 2.57. The normalized spacial score (nSPS) is 21.1. The number of carbonyl (C=O) groups is 1. The predicted octanol–water partition coefficient (Wildman–Crippen LogP) is 4.98. The number of benzene rings is 1. The third-order valence-corrected chi connectivity index (χ3v) is 7.37. The maximum atomic E-state index is 14.7. The molecule has 3 N–H and O–H groups in total. The number of ether oxygens (including phenoxy) is 2. The number of halogens is 5. The molecule has 214 valence electrons. The van der Waals surface area contributed by atoms with E-state index in [0.29, 0.717) is 0 Å². The summed E-state index contributed by atoms with van der Waals surface area (Å²) >= 11 is 0. The maximum Gasteiger partial charge on any atom is 0.417 e. The van der Waals surface area contributed by atoms with Crippen molar-refractivity contribution in [1.82, 2.24) is 15.0 Å². The van der Waals surface area contributed by atoms with Crippen LogP contribution in [0.4, 0.5) is 22.0 Å². The van der Waals surface area contributed by atoms with E-state index < -0.39 is 65.4 Å². The van der Waals surface area contributed by atoms with Gasteiger partial charge in [0.25, 0.3) is 5.91 Å². The molecular formula is C28H23F5N4O4. The molecule has 0 radical (unpaired) electrons. The molecule has 1 aliphatic heterocycles. The molecule has 1 amide bonds. The van der Waals surface area contributed by atoms with Crippen molar-refractivity contribution in [3.63, 3.8) is 0 Å². The van der Waals surface area contributed by atoms with Gasteiger partial charge in [0, 0.05) is 35.4 Å². The Balaban J connectivity index is 1.66. The number of fused-ring (bicyclic) bond motifs is 1. The Morgan fingerprint density at radius 2 is 1.93 bits per heavy atom. The Hall–Kier alpha value is -4.39. The summed E-state index contributed by atoms with van der Waals surface area (Å²) in [5, 5.41) is 0.115. The molecule has 0 aliphatic carbocycles. The minimum absolute atomic E-state index is 0.000921. The minimum Gasteiger partial charge on any atom is -0.493 e. The fourth-order valence-corrected chi connectivity index (χ4v) is 5.21. The summed E-state index contributed by atoms with van der Waals surface area (Å²) in [5.74, 6) is -5.86. The number of nitrogens with two attached hydrogens (primary N) is 1. The van der Waals surface area contributed by atoms with E-state index in [1.807, 2.05) is 0 Å². The number of carbonyl (C=O) groups excluding carboxylic acids is 1. The van der Waals surface area contributed by atoms with Crippen molar-refractivity contribution in [3.8, 4) is 17.1 Å². The van der Waals surface area contributed by atoms with E-state index in [1.165, 1.54) is 36.5 Å². The molecule has 0 unspecified atom stereocenters. The number of H-pyrrole nitrogens is 1. The molecule has 3 atom stereocenters. The van der Waals surface area contributed by atoms with Gasteiger partial charge in [-0.3, -0.25) is 14.6 Å². The van der Waals surface area contributed by atoms with Gasteiger partial charge in [0.05, 0.1) is 30.3 Å². The predicted molar refractivity (Wildman–Crippen MR) is 138 cm³/mol. The van der Waals surface area contributed by atoms with Crippen LogP contribution >= 0.6 is 0 Å². The van der Waals surface area contributed by atoms with E-state index >= 15 is 0 Å². The first-order chi connectivity index (χ1) is 19.3. The molecule has 1 fully saturated rings. The van der Waals surface area contributed by atoms with Crippen LogP contribution in [0.3, 0.4) is 0 Å². The topological polar surface area (TPSA) is 120 Å². The lowest BCUT2D eigenvalue weighted by molar-refractivity contribution is -0.286. The zero-order valence-electron chi connectivity index (χ0n) is 21.7. The molecule has 0 saturated carbocycles. The number of alkyl halides is 3. The molecule has 13 heteroatoms. The van der Waals surface area contributed by atoms with Gasteiger partial charge in [0.1, 0.15) is 11.4 Å². The van der Waals surface area contributed by atoms with E-state index in [1.54, 1.807) is 6.07 Å². The van der Waals surface area contributed by atoms with Crippen LogP contribution in [0.2, 0.25) is 0 Å². The van der Waals surface area contributed by atoms with Crippen molar-refractivity contribution < 1.29 is 36.2 Å². The fourth-order valence-electron chi connectivity index (χ4n) is 5.21. The molecule has 5 rings (SSSR count). The number of primary amides is 1. The van der Waals surface area contributed by atoms with Crippen molar-refractivity contribution in [2.24, 2.45) is 5.73 Å². The highest BCUT2D eigenvalue weighted by atomic mass is 19.4. The van der Waals surface area contributed by atoms with Crippen molar-refractivity contribution in [2.75, 3.05) is 13.7 Å². The summed E-state index contributed by atoms with van der Waals surface area (Å²) in [5.41, 5.74) is 3.00. The van der Waals surface area contributed by atoms with Crippen LogP contribution in [0.1, 0.15) is 46.9 Å². The van der Waals surface area contributed by atoms with Gasteiger partial charge in [-0.2, -0.15) is 17.6 Å². The van der Waals surface area contributed by atoms with Gasteiger partial charge in [-0.15, -0.1) is 0 Å². The number of rotatable bonds is 5. The Morgan fingerprint density at radius 3 is 2.61 bits per heavy atom. The van der Waals surface area contributed by atoms with E-state index in [2.05, 4.69) is 15.0 Å². The van der Waals surface area contributed by atoms with Crippen LogP contribution < -0.4 is 15.9 Å². The number of aromatic amines is 1. The first-order valence-electron chi connectivity index (χ1n) is 12.4. The molecule has 0 spiro atoms. The lowest BCUT2D eigenvalue weighted by Crippen LogP contribution is -2.51. The van der Waals surface area contributed by atoms with Crippen LogP contribution in [0.25, 0.3) is 22.3 Å². The summed E-state index contributed by atoms with van der Waals surface area (Å²) in [6, 6.07) is 9.17. The number of nitrogens with zero attached hydrogens (tertiary/aromatic N) is 2. The Morgan fingerprint density at radius 1 is 1.17 bits per heavy atom. The molecule has 0 bridgehead atoms. The number of hydrogen-bond donors (Lipinski definition) is 2. The Kier molecular flexibility index (Phi) is 7.02. The first-order valence-corrected chi connectivity index (χ1v) is 12.4. The zero-order chi connectivity index (χ0) is 29.7. The standard InChI is InChI=1S/C28H23F5N4O4/c1-27(28(31,32)33)11-14(13-6-7-16(29)23(30)25(13)40-2)15(12-41-27)20-10-21(38)22-17(36-20)8-9-35-24(22)18-4-3-5-19(37-18)26(34)39/h3-10,14-15H,11-12H2,1-2H3,(H2,34,39)(H,36,38)/t14-,15+,27+/m0/s1. The highest BCUT2D eigenvalue weighted by Crippen LogP contribution is 2.51. The molecule has 8 nitrogen and oxygen atoms in total. The number of nitrogens with one attached hydrogen (secondary N) is 1. The zero-order valence-corrected chi connectivity index (χ0v) is 21.7. The van der Waals surface area contributed by atoms with Crippen LogP contribution in [-0.4, -0.2) is 46.4 Å². The molecule has 41 heavy (non-hydrogen) atoms. The minimum atomic E-state index is -4.77. The average molecular weight is 575 g/mol. The van der Waals surface area contributed by atoms with Gasteiger partial charge < -0.3 is 20.2 Å². The fraction of sp³-hybridized carbons (Fsp3) is 0.286. The smallest absolute Gasteiger partial charge is 0.417 e. The van der Waals surface area contributed by atoms with Crippen molar-refractivity contribution in [2.45, 2.75) is 37.0 Å². The van der Waals surface area contributed by atoms with Crippen LogP contribution in [0.5, 0.6) is 5.75 Å². The second-order valence-corrected chi connectivity index (χ2v) is 9.88. The van der Waals surface area contributed by atoms with Crippen LogP contribution in [-0.2, 0) is 4.74 Å². The SMILES string of the molecule is COc1c([C@@H]2C[C@](C)(C(F)(F)F)OC[C@H]2c2cc(=O)c3c(-c4cccc(C(N)=O)n4)nccc3[nH]2)ccc(F)c1F. The molecule has 1 aliphatic rings. The number of methoxy groups -OCH3 is 1. The van der Waals surface area contributed by atoms with E-state index in [9.17, 15) is 31.5 Å². The van der Waals surface area contributed by atoms with Gasteiger partial charge in [-0.05, 0) is 37.6 Å². The lowest BCUT2D eigenvalue weighted by Gasteiger charge is -2.44. The molecule has 1 aromatic carbocycles. The second kappa shape index (κ2) is 10.2. The number of hydrogen-bond acceptors (Lipinski definition) is 6. The summed E-state index contributed by atoms with van der Waals surface area (Å²) in [6.45, 7) is 0.390. The average Bonchev–Trinajstić information content (AvgIpc) is 2.93. The number of aromatic nitrogens is 3. The molecule has 4 heterocycles. The van der Waals surface area contributed by atoms with Crippen LogP contribution in [0, 0.1) is 11.6 Å². The number of pyridine rings is 3. The van der Waals surface area contributed by atoms with Crippen LogP contribution in [0.15, 0.2) is 53.5 Å². The number of amides is 1. The van der Waals surface area contributed by atoms with E-state index in [4.69, 9.17) is 15.2 Å². The van der Waals surface area contributed by atoms with E-state index in [0.717, 1.165) is 20.1 Å². The van der Waals surface area contributed by atoms with Gasteiger partial charge in [-0.1, -0.05) is 12.1 Å². The Bertz CT molecular complexity index is 1720.